The van der Waals surface area contributed by atoms with Crippen molar-refractivity contribution < 1.29 is 13.2 Å². The van der Waals surface area contributed by atoms with E-state index in [-0.39, 0.29) is 11.0 Å². The van der Waals surface area contributed by atoms with E-state index in [1.165, 1.54) is 0 Å². The molecule has 0 aromatic carbocycles. The van der Waals surface area contributed by atoms with Crippen molar-refractivity contribution in [3.63, 3.8) is 0 Å². The third kappa shape index (κ3) is 2.79. The Hall–Kier alpha value is -0.380. The smallest absolute Gasteiger partial charge is 0.159 e. The van der Waals surface area contributed by atoms with Crippen LogP contribution in [0.3, 0.4) is 0 Å². The van der Waals surface area contributed by atoms with Crippen LogP contribution in [0.15, 0.2) is 0 Å². The van der Waals surface area contributed by atoms with Gasteiger partial charge in [0.15, 0.2) is 9.84 Å². The molecule has 13 heavy (non-hydrogen) atoms. The van der Waals surface area contributed by atoms with Crippen molar-refractivity contribution in [1.29, 1.82) is 0 Å². The van der Waals surface area contributed by atoms with Crippen molar-refractivity contribution in [3.05, 3.63) is 0 Å². The molecular weight excluding hydrogens is 188 g/mol. The molecular formula is C9H16O3S. The first-order valence-electron chi connectivity index (χ1n) is 4.71. The average Bonchev–Trinajstić information content (AvgIpc) is 2.04. The molecule has 1 saturated carbocycles. The van der Waals surface area contributed by atoms with Crippen LogP contribution in [-0.2, 0) is 14.6 Å². The molecule has 0 saturated heterocycles. The predicted molar refractivity (Wildman–Crippen MR) is 51.3 cm³/mol. The summed E-state index contributed by atoms with van der Waals surface area (Å²) in [7, 11) is -3.13. The summed E-state index contributed by atoms with van der Waals surface area (Å²) >= 11 is 0. The Morgan fingerprint density at radius 3 is 2.62 bits per heavy atom. The maximum atomic E-state index is 11.5. The van der Waals surface area contributed by atoms with E-state index in [1.54, 1.807) is 0 Å². The van der Waals surface area contributed by atoms with Gasteiger partial charge in [0.1, 0.15) is 12.0 Å². The van der Waals surface area contributed by atoms with Gasteiger partial charge in [-0.15, -0.1) is 0 Å². The second-order valence-electron chi connectivity index (χ2n) is 3.89. The number of sulfone groups is 1. The Morgan fingerprint density at radius 2 is 2.08 bits per heavy atom. The quantitative estimate of drug-likeness (QED) is 0.649. The van der Waals surface area contributed by atoms with Crippen LogP contribution in [0.1, 0.15) is 32.6 Å². The molecule has 0 aromatic rings. The molecule has 4 heteroatoms. The van der Waals surface area contributed by atoms with E-state index in [9.17, 15) is 13.2 Å². The summed E-state index contributed by atoms with van der Waals surface area (Å²) < 4.78 is 23.0. The highest BCUT2D eigenvalue weighted by atomic mass is 32.2. The fourth-order valence-corrected chi connectivity index (χ4v) is 3.54. The summed E-state index contributed by atoms with van der Waals surface area (Å²) in [4.78, 5) is 10.2. The zero-order valence-corrected chi connectivity index (χ0v) is 8.72. The Balaban J connectivity index is 2.65. The summed E-state index contributed by atoms with van der Waals surface area (Å²) in [6.45, 7) is 2.07. The molecule has 0 spiro atoms. The van der Waals surface area contributed by atoms with Gasteiger partial charge in [-0.1, -0.05) is 19.8 Å². The van der Waals surface area contributed by atoms with Gasteiger partial charge < -0.3 is 4.79 Å². The van der Waals surface area contributed by atoms with Gasteiger partial charge in [0.05, 0.1) is 5.25 Å². The lowest BCUT2D eigenvalue weighted by Gasteiger charge is -2.25. The van der Waals surface area contributed by atoms with Gasteiger partial charge >= 0.3 is 0 Å². The third-order valence-corrected chi connectivity index (χ3v) is 4.74. The van der Waals surface area contributed by atoms with Crippen molar-refractivity contribution >= 4 is 16.1 Å². The topological polar surface area (TPSA) is 51.2 Å². The van der Waals surface area contributed by atoms with Crippen molar-refractivity contribution in [2.24, 2.45) is 5.92 Å². The third-order valence-electron chi connectivity index (χ3n) is 2.70. The highest BCUT2D eigenvalue weighted by Gasteiger charge is 2.29. The van der Waals surface area contributed by atoms with Crippen LogP contribution in [0.5, 0.6) is 0 Å². The molecule has 2 atom stereocenters. The van der Waals surface area contributed by atoms with Crippen LogP contribution in [-0.4, -0.2) is 25.7 Å². The highest BCUT2D eigenvalue weighted by molar-refractivity contribution is 7.92. The van der Waals surface area contributed by atoms with Gasteiger partial charge in [-0.05, 0) is 18.8 Å². The molecule has 0 bridgehead atoms. The number of hydrogen-bond donors (Lipinski definition) is 0. The first-order chi connectivity index (χ1) is 6.06. The molecule has 1 fully saturated rings. The van der Waals surface area contributed by atoms with Crippen LogP contribution in [0.25, 0.3) is 0 Å². The normalized spacial score (nSPS) is 29.9. The van der Waals surface area contributed by atoms with E-state index in [2.05, 4.69) is 6.92 Å². The number of aldehydes is 1. The second kappa shape index (κ2) is 4.22. The number of hydrogen-bond acceptors (Lipinski definition) is 3. The van der Waals surface area contributed by atoms with Crippen LogP contribution in [0.4, 0.5) is 0 Å². The zero-order chi connectivity index (χ0) is 9.90. The van der Waals surface area contributed by atoms with Gasteiger partial charge in [0.2, 0.25) is 0 Å². The molecule has 0 heterocycles. The number of rotatable bonds is 3. The number of carbonyl (C=O) groups excluding carboxylic acids is 1. The lowest BCUT2D eigenvalue weighted by Crippen LogP contribution is -2.29. The Morgan fingerprint density at radius 1 is 1.38 bits per heavy atom. The van der Waals surface area contributed by atoms with E-state index < -0.39 is 9.84 Å². The summed E-state index contributed by atoms with van der Waals surface area (Å²) in [5, 5.41) is -0.263. The molecule has 1 aliphatic rings. The molecule has 1 rings (SSSR count). The van der Waals surface area contributed by atoms with E-state index >= 15 is 0 Å². The lowest BCUT2D eigenvalue weighted by atomic mass is 9.91. The molecule has 3 nitrogen and oxygen atoms in total. The van der Waals surface area contributed by atoms with Crippen LogP contribution in [0, 0.1) is 5.92 Å². The molecule has 0 aromatic heterocycles. The van der Waals surface area contributed by atoms with Crippen molar-refractivity contribution in [3.8, 4) is 0 Å². The second-order valence-corrected chi connectivity index (χ2v) is 6.22. The van der Waals surface area contributed by atoms with Gasteiger partial charge in [0, 0.05) is 0 Å². The van der Waals surface area contributed by atoms with Crippen molar-refractivity contribution in [2.45, 2.75) is 37.9 Å². The van der Waals surface area contributed by atoms with Crippen molar-refractivity contribution in [1.82, 2.24) is 0 Å². The molecule has 0 amide bonds. The summed E-state index contributed by atoms with van der Waals surface area (Å²) in [6.07, 6.45) is 4.06. The maximum absolute atomic E-state index is 11.5. The van der Waals surface area contributed by atoms with E-state index in [0.717, 1.165) is 25.7 Å². The van der Waals surface area contributed by atoms with E-state index in [4.69, 9.17) is 0 Å². The summed E-state index contributed by atoms with van der Waals surface area (Å²) in [6, 6.07) is 0. The fourth-order valence-electron chi connectivity index (χ4n) is 1.94. The summed E-state index contributed by atoms with van der Waals surface area (Å²) in [5.41, 5.74) is 0. The first-order valence-corrected chi connectivity index (χ1v) is 6.43. The fraction of sp³-hybridized carbons (Fsp3) is 0.889. The largest absolute Gasteiger partial charge is 0.302 e. The van der Waals surface area contributed by atoms with E-state index in [1.807, 2.05) is 0 Å². The molecule has 1 aliphatic carbocycles. The minimum atomic E-state index is -3.13. The Labute approximate surface area is 79.4 Å². The van der Waals surface area contributed by atoms with Gasteiger partial charge in [-0.3, -0.25) is 0 Å². The molecule has 0 aliphatic heterocycles. The van der Waals surface area contributed by atoms with Crippen molar-refractivity contribution in [2.75, 3.05) is 5.75 Å². The van der Waals surface area contributed by atoms with Gasteiger partial charge in [-0.2, -0.15) is 0 Å². The predicted octanol–water partition coefficient (Wildman–Crippen LogP) is 1.18. The Bertz CT molecular complexity index is 269. The van der Waals surface area contributed by atoms with Crippen LogP contribution in [0.2, 0.25) is 0 Å². The Kier molecular flexibility index (Phi) is 3.47. The first kappa shape index (κ1) is 10.7. The van der Waals surface area contributed by atoms with E-state index in [0.29, 0.717) is 12.2 Å². The highest BCUT2D eigenvalue weighted by Crippen LogP contribution is 2.28. The molecule has 0 N–H and O–H groups in total. The van der Waals surface area contributed by atoms with Gasteiger partial charge in [-0.25, -0.2) is 8.42 Å². The summed E-state index contributed by atoms with van der Waals surface area (Å²) in [5.74, 6) is 0.185. The monoisotopic (exact) mass is 204 g/mol. The zero-order valence-electron chi connectivity index (χ0n) is 7.90. The van der Waals surface area contributed by atoms with Crippen LogP contribution >= 0.6 is 0 Å². The minimum Gasteiger partial charge on any atom is -0.302 e. The van der Waals surface area contributed by atoms with Gasteiger partial charge in [0.25, 0.3) is 0 Å². The van der Waals surface area contributed by atoms with Crippen LogP contribution < -0.4 is 0 Å². The molecule has 0 radical (unpaired) electrons. The SMILES string of the molecule is CC1CCCC(S(=O)(=O)CC=O)C1. The standard InChI is InChI=1S/C9H16O3S/c1-8-3-2-4-9(7-8)13(11,12)6-5-10/h5,8-9H,2-4,6-7H2,1H3. The molecule has 76 valence electrons. The lowest BCUT2D eigenvalue weighted by molar-refractivity contribution is -0.105. The number of carbonyl (C=O) groups is 1. The maximum Gasteiger partial charge on any atom is 0.159 e. The molecule has 2 unspecified atom stereocenters. The minimum absolute atomic E-state index is 0.263. The average molecular weight is 204 g/mol.